The van der Waals surface area contributed by atoms with Crippen molar-refractivity contribution in [2.45, 2.75) is 24.8 Å². The fourth-order valence-corrected chi connectivity index (χ4v) is 4.80. The SMILES string of the molecule is COc1ccc(N(CC(=O)NC(C)c2ccc(C)cc2)S(=O)(=O)c2ccccc2)cc1OC. The van der Waals surface area contributed by atoms with Crippen LogP contribution < -0.4 is 19.1 Å². The van der Waals surface area contributed by atoms with E-state index in [4.69, 9.17) is 9.47 Å². The highest BCUT2D eigenvalue weighted by molar-refractivity contribution is 7.92. The molecular weight excluding hydrogens is 440 g/mol. The third kappa shape index (κ3) is 5.64. The highest BCUT2D eigenvalue weighted by Gasteiger charge is 2.28. The van der Waals surface area contributed by atoms with Gasteiger partial charge < -0.3 is 14.8 Å². The fraction of sp³-hybridized carbons (Fsp3) is 0.240. The minimum Gasteiger partial charge on any atom is -0.493 e. The van der Waals surface area contributed by atoms with Crippen LogP contribution >= 0.6 is 0 Å². The standard InChI is InChI=1S/C25H28N2O5S/c1-18-10-12-20(13-11-18)19(2)26-25(28)17-27(33(29,30)22-8-6-5-7-9-22)21-14-15-23(31-3)24(16-21)32-4/h5-16,19H,17H2,1-4H3,(H,26,28). The zero-order chi connectivity index (χ0) is 24.0. The normalized spacial score (nSPS) is 12.0. The zero-order valence-electron chi connectivity index (χ0n) is 19.1. The third-order valence-electron chi connectivity index (χ3n) is 5.23. The predicted octanol–water partition coefficient (Wildman–Crippen LogP) is 4.08. The molecule has 0 aliphatic rings. The van der Waals surface area contributed by atoms with Gasteiger partial charge in [0.2, 0.25) is 5.91 Å². The molecule has 0 heterocycles. The minimum absolute atomic E-state index is 0.0826. The van der Waals surface area contributed by atoms with Crippen LogP contribution in [-0.4, -0.2) is 35.1 Å². The quantitative estimate of drug-likeness (QED) is 0.511. The average molecular weight is 469 g/mol. The Bertz CT molecular complexity index is 1200. The molecule has 1 N–H and O–H groups in total. The average Bonchev–Trinajstić information content (AvgIpc) is 2.83. The first-order valence-electron chi connectivity index (χ1n) is 10.4. The lowest BCUT2D eigenvalue weighted by Gasteiger charge is -2.26. The Labute approximate surface area is 195 Å². The lowest BCUT2D eigenvalue weighted by atomic mass is 10.1. The molecule has 1 atom stereocenters. The van der Waals surface area contributed by atoms with Crippen molar-refractivity contribution in [1.29, 1.82) is 0 Å². The monoisotopic (exact) mass is 468 g/mol. The van der Waals surface area contributed by atoms with Gasteiger partial charge in [-0.15, -0.1) is 0 Å². The Hall–Kier alpha value is -3.52. The van der Waals surface area contributed by atoms with E-state index in [0.717, 1.165) is 15.4 Å². The first kappa shape index (κ1) is 24.1. The first-order chi connectivity index (χ1) is 15.8. The van der Waals surface area contributed by atoms with E-state index in [1.165, 1.54) is 32.4 Å². The number of nitrogens with zero attached hydrogens (tertiary/aromatic N) is 1. The van der Waals surface area contributed by atoms with Crippen molar-refractivity contribution >= 4 is 21.6 Å². The summed E-state index contributed by atoms with van der Waals surface area (Å²) in [6.45, 7) is 3.44. The molecule has 0 aliphatic heterocycles. The molecule has 3 rings (SSSR count). The van der Waals surface area contributed by atoms with Gasteiger partial charge in [0, 0.05) is 6.07 Å². The lowest BCUT2D eigenvalue weighted by Crippen LogP contribution is -2.41. The third-order valence-corrected chi connectivity index (χ3v) is 7.02. The Morgan fingerprint density at radius 2 is 1.58 bits per heavy atom. The maximum absolute atomic E-state index is 13.5. The van der Waals surface area contributed by atoms with Crippen molar-refractivity contribution in [2.24, 2.45) is 0 Å². The van der Waals surface area contributed by atoms with Gasteiger partial charge in [0.1, 0.15) is 6.54 Å². The number of carbonyl (C=O) groups excluding carboxylic acids is 1. The smallest absolute Gasteiger partial charge is 0.264 e. The molecule has 174 valence electrons. The van der Waals surface area contributed by atoms with Gasteiger partial charge >= 0.3 is 0 Å². The summed E-state index contributed by atoms with van der Waals surface area (Å²) in [4.78, 5) is 13.0. The van der Waals surface area contributed by atoms with Gasteiger partial charge in [-0.3, -0.25) is 9.10 Å². The van der Waals surface area contributed by atoms with Crippen LogP contribution in [0.2, 0.25) is 0 Å². The molecule has 7 nitrogen and oxygen atoms in total. The number of benzene rings is 3. The zero-order valence-corrected chi connectivity index (χ0v) is 19.9. The van der Waals surface area contributed by atoms with Gasteiger partial charge in [0.15, 0.2) is 11.5 Å². The molecule has 3 aromatic rings. The molecule has 0 saturated carbocycles. The number of aryl methyl sites for hydroxylation is 1. The largest absolute Gasteiger partial charge is 0.493 e. The summed E-state index contributed by atoms with van der Waals surface area (Å²) in [7, 11) is -1.06. The molecule has 1 unspecified atom stereocenters. The second-order valence-electron chi connectivity index (χ2n) is 7.56. The highest BCUT2D eigenvalue weighted by atomic mass is 32.2. The second kappa shape index (κ2) is 10.4. The molecule has 0 aromatic heterocycles. The topological polar surface area (TPSA) is 84.9 Å². The van der Waals surface area contributed by atoms with E-state index < -0.39 is 22.5 Å². The van der Waals surface area contributed by atoms with E-state index in [-0.39, 0.29) is 16.6 Å². The molecule has 0 bridgehead atoms. The van der Waals surface area contributed by atoms with Crippen molar-refractivity contribution in [1.82, 2.24) is 5.32 Å². The fourth-order valence-electron chi connectivity index (χ4n) is 3.37. The van der Waals surface area contributed by atoms with Crippen LogP contribution in [-0.2, 0) is 14.8 Å². The number of hydrogen-bond donors (Lipinski definition) is 1. The molecule has 0 aliphatic carbocycles. The molecular formula is C25H28N2O5S. The molecule has 8 heteroatoms. The Kier molecular flexibility index (Phi) is 7.60. The summed E-state index contributed by atoms with van der Waals surface area (Å²) in [5, 5.41) is 2.89. The molecule has 3 aromatic carbocycles. The van der Waals surface area contributed by atoms with E-state index >= 15 is 0 Å². The highest BCUT2D eigenvalue weighted by Crippen LogP contribution is 2.33. The molecule has 1 amide bonds. The number of ether oxygens (including phenoxy) is 2. The van der Waals surface area contributed by atoms with Gasteiger partial charge in [-0.05, 0) is 43.7 Å². The number of amides is 1. The molecule has 0 radical (unpaired) electrons. The minimum atomic E-state index is -4.02. The van der Waals surface area contributed by atoms with Crippen LogP contribution in [0.25, 0.3) is 0 Å². The Balaban J connectivity index is 1.93. The van der Waals surface area contributed by atoms with Gasteiger partial charge in [-0.2, -0.15) is 0 Å². The number of rotatable bonds is 9. The number of nitrogens with one attached hydrogen (secondary N) is 1. The van der Waals surface area contributed by atoms with Crippen LogP contribution in [0.15, 0.2) is 77.7 Å². The summed E-state index contributed by atoms with van der Waals surface area (Å²) in [6, 6.07) is 20.2. The second-order valence-corrected chi connectivity index (χ2v) is 9.43. The van der Waals surface area contributed by atoms with Crippen molar-refractivity contribution in [3.8, 4) is 11.5 Å². The van der Waals surface area contributed by atoms with Gasteiger partial charge in [0.05, 0.1) is 30.8 Å². The van der Waals surface area contributed by atoms with Gasteiger partial charge in [0.25, 0.3) is 10.0 Å². The summed E-state index contributed by atoms with van der Waals surface area (Å²) in [5.41, 5.74) is 2.33. The molecule has 33 heavy (non-hydrogen) atoms. The van der Waals surface area contributed by atoms with Crippen LogP contribution in [0.3, 0.4) is 0 Å². The van der Waals surface area contributed by atoms with E-state index in [0.29, 0.717) is 11.5 Å². The van der Waals surface area contributed by atoms with Crippen molar-refractivity contribution in [3.05, 3.63) is 83.9 Å². The van der Waals surface area contributed by atoms with Crippen LogP contribution in [0, 0.1) is 6.92 Å². The maximum Gasteiger partial charge on any atom is 0.264 e. The summed E-state index contributed by atoms with van der Waals surface area (Å²) in [5.74, 6) is 0.379. The van der Waals surface area contributed by atoms with Crippen molar-refractivity contribution in [3.63, 3.8) is 0 Å². The Morgan fingerprint density at radius 1 is 0.939 bits per heavy atom. The number of carbonyl (C=O) groups is 1. The molecule has 0 saturated heterocycles. The van der Waals surface area contributed by atoms with E-state index in [9.17, 15) is 13.2 Å². The van der Waals surface area contributed by atoms with Gasteiger partial charge in [-0.25, -0.2) is 8.42 Å². The number of sulfonamides is 1. The summed E-state index contributed by atoms with van der Waals surface area (Å²) >= 11 is 0. The summed E-state index contributed by atoms with van der Waals surface area (Å²) < 4.78 is 38.6. The summed E-state index contributed by atoms with van der Waals surface area (Å²) in [6.07, 6.45) is 0. The van der Waals surface area contributed by atoms with E-state index in [2.05, 4.69) is 5.32 Å². The Morgan fingerprint density at radius 3 is 2.18 bits per heavy atom. The number of hydrogen-bond acceptors (Lipinski definition) is 5. The number of anilines is 1. The van der Waals surface area contributed by atoms with Crippen LogP contribution in [0.5, 0.6) is 11.5 Å². The van der Waals surface area contributed by atoms with E-state index in [1.54, 1.807) is 30.3 Å². The van der Waals surface area contributed by atoms with Crippen molar-refractivity contribution < 1.29 is 22.7 Å². The maximum atomic E-state index is 13.5. The van der Waals surface area contributed by atoms with E-state index in [1.807, 2.05) is 38.1 Å². The van der Waals surface area contributed by atoms with Crippen LogP contribution in [0.1, 0.15) is 24.1 Å². The van der Waals surface area contributed by atoms with Gasteiger partial charge in [-0.1, -0.05) is 48.0 Å². The lowest BCUT2D eigenvalue weighted by molar-refractivity contribution is -0.120. The molecule has 0 fully saturated rings. The molecule has 0 spiro atoms. The predicted molar refractivity (Wildman–Crippen MR) is 128 cm³/mol. The van der Waals surface area contributed by atoms with Crippen molar-refractivity contribution in [2.75, 3.05) is 25.1 Å². The number of methoxy groups -OCH3 is 2. The van der Waals surface area contributed by atoms with Crippen LogP contribution in [0.4, 0.5) is 5.69 Å². The first-order valence-corrected chi connectivity index (χ1v) is 11.9.